The average Bonchev–Trinajstić information content (AvgIpc) is 2.28. The van der Waals surface area contributed by atoms with Gasteiger partial charge in [-0.15, -0.1) is 0 Å². The number of hydrogen-bond donors (Lipinski definition) is 2. The van der Waals surface area contributed by atoms with E-state index in [1.807, 2.05) is 0 Å². The SMILES string of the molecule is C=C(C)C(=O)OC/C=C/c1ccc(O)c(O)c1. The first-order valence-electron chi connectivity index (χ1n) is 5.02. The molecular formula is C13H14O4. The molecule has 0 saturated carbocycles. The Hall–Kier alpha value is -2.23. The molecule has 0 heterocycles. The van der Waals surface area contributed by atoms with E-state index in [0.29, 0.717) is 11.1 Å². The lowest BCUT2D eigenvalue weighted by Crippen LogP contribution is -2.04. The molecule has 17 heavy (non-hydrogen) atoms. The van der Waals surface area contributed by atoms with E-state index in [1.165, 1.54) is 12.1 Å². The fourth-order valence-electron chi connectivity index (χ4n) is 1.08. The molecule has 0 amide bonds. The third-order valence-corrected chi connectivity index (χ3v) is 1.97. The lowest BCUT2D eigenvalue weighted by Gasteiger charge is -2.00. The summed E-state index contributed by atoms with van der Waals surface area (Å²) in [6, 6.07) is 4.42. The Bertz CT molecular complexity index is 460. The third-order valence-electron chi connectivity index (χ3n) is 1.97. The van der Waals surface area contributed by atoms with E-state index in [0.717, 1.165) is 0 Å². The number of phenols is 2. The van der Waals surface area contributed by atoms with Gasteiger partial charge >= 0.3 is 5.97 Å². The van der Waals surface area contributed by atoms with E-state index in [9.17, 15) is 9.90 Å². The van der Waals surface area contributed by atoms with Crippen LogP contribution in [0.2, 0.25) is 0 Å². The van der Waals surface area contributed by atoms with Crippen molar-refractivity contribution in [1.82, 2.24) is 0 Å². The molecule has 1 aromatic rings. The van der Waals surface area contributed by atoms with Gasteiger partial charge in [0.2, 0.25) is 0 Å². The van der Waals surface area contributed by atoms with Gasteiger partial charge in [-0.2, -0.15) is 0 Å². The Morgan fingerprint density at radius 2 is 2.12 bits per heavy atom. The van der Waals surface area contributed by atoms with Crippen molar-refractivity contribution in [3.63, 3.8) is 0 Å². The second kappa shape index (κ2) is 5.75. The molecule has 0 spiro atoms. The number of carbonyl (C=O) groups is 1. The van der Waals surface area contributed by atoms with Crippen LogP contribution in [0.1, 0.15) is 12.5 Å². The number of rotatable bonds is 4. The summed E-state index contributed by atoms with van der Waals surface area (Å²) in [6.45, 7) is 5.16. The van der Waals surface area contributed by atoms with Gasteiger partial charge in [0.15, 0.2) is 11.5 Å². The van der Waals surface area contributed by atoms with E-state index in [4.69, 9.17) is 9.84 Å². The molecule has 4 nitrogen and oxygen atoms in total. The van der Waals surface area contributed by atoms with E-state index in [2.05, 4.69) is 6.58 Å². The second-order valence-electron chi connectivity index (χ2n) is 3.53. The Kier molecular flexibility index (Phi) is 4.34. The molecule has 1 aromatic carbocycles. The maximum atomic E-state index is 11.0. The van der Waals surface area contributed by atoms with Crippen molar-refractivity contribution >= 4 is 12.0 Å². The average molecular weight is 234 g/mol. The van der Waals surface area contributed by atoms with Crippen LogP contribution in [-0.2, 0) is 9.53 Å². The van der Waals surface area contributed by atoms with Gasteiger partial charge < -0.3 is 14.9 Å². The monoisotopic (exact) mass is 234 g/mol. The number of aromatic hydroxyl groups is 2. The fourth-order valence-corrected chi connectivity index (χ4v) is 1.08. The highest BCUT2D eigenvalue weighted by molar-refractivity contribution is 5.87. The lowest BCUT2D eigenvalue weighted by atomic mass is 10.2. The zero-order valence-corrected chi connectivity index (χ0v) is 9.51. The van der Waals surface area contributed by atoms with Gasteiger partial charge in [-0.05, 0) is 30.7 Å². The highest BCUT2D eigenvalue weighted by Crippen LogP contribution is 2.25. The molecule has 4 heteroatoms. The predicted octanol–water partition coefficient (Wildman–Crippen LogP) is 2.23. The summed E-state index contributed by atoms with van der Waals surface area (Å²) in [5.41, 5.74) is 1.05. The summed E-state index contributed by atoms with van der Waals surface area (Å²) in [7, 11) is 0. The molecule has 0 unspecified atom stereocenters. The molecule has 0 aromatic heterocycles. The predicted molar refractivity (Wildman–Crippen MR) is 64.6 cm³/mol. The highest BCUT2D eigenvalue weighted by atomic mass is 16.5. The molecular weight excluding hydrogens is 220 g/mol. The minimum Gasteiger partial charge on any atom is -0.504 e. The van der Waals surface area contributed by atoms with Gasteiger partial charge in [-0.25, -0.2) is 4.79 Å². The number of esters is 1. The highest BCUT2D eigenvalue weighted by Gasteiger charge is 2.00. The van der Waals surface area contributed by atoms with Crippen LogP contribution >= 0.6 is 0 Å². The third kappa shape index (κ3) is 4.03. The summed E-state index contributed by atoms with van der Waals surface area (Å²) in [5.74, 6) is -0.801. The van der Waals surface area contributed by atoms with Gasteiger partial charge in [-0.1, -0.05) is 18.7 Å². The van der Waals surface area contributed by atoms with Crippen molar-refractivity contribution in [2.75, 3.05) is 6.61 Å². The van der Waals surface area contributed by atoms with E-state index in [-0.39, 0.29) is 18.1 Å². The Labute approximate surface area is 99.5 Å². The van der Waals surface area contributed by atoms with Crippen molar-refractivity contribution in [1.29, 1.82) is 0 Å². The van der Waals surface area contributed by atoms with Crippen LogP contribution in [0.25, 0.3) is 6.08 Å². The van der Waals surface area contributed by atoms with Gasteiger partial charge in [0.25, 0.3) is 0 Å². The zero-order chi connectivity index (χ0) is 12.8. The van der Waals surface area contributed by atoms with Gasteiger partial charge in [0.1, 0.15) is 6.61 Å². The van der Waals surface area contributed by atoms with Gasteiger partial charge in [0.05, 0.1) is 0 Å². The van der Waals surface area contributed by atoms with Crippen molar-refractivity contribution in [3.8, 4) is 11.5 Å². The Balaban J connectivity index is 2.51. The molecule has 0 saturated heterocycles. The smallest absolute Gasteiger partial charge is 0.333 e. The lowest BCUT2D eigenvalue weighted by molar-refractivity contribution is -0.137. The van der Waals surface area contributed by atoms with Crippen LogP contribution in [0.3, 0.4) is 0 Å². The molecule has 0 aliphatic carbocycles. The van der Waals surface area contributed by atoms with Crippen LogP contribution in [0.15, 0.2) is 36.4 Å². The summed E-state index contributed by atoms with van der Waals surface area (Å²) in [5, 5.41) is 18.3. The molecule has 2 N–H and O–H groups in total. The molecule has 0 fully saturated rings. The quantitative estimate of drug-likeness (QED) is 0.476. The molecule has 0 bridgehead atoms. The van der Waals surface area contributed by atoms with Crippen LogP contribution in [0.4, 0.5) is 0 Å². The largest absolute Gasteiger partial charge is 0.504 e. The zero-order valence-electron chi connectivity index (χ0n) is 9.51. The van der Waals surface area contributed by atoms with Crippen LogP contribution in [-0.4, -0.2) is 22.8 Å². The first-order chi connectivity index (χ1) is 8.00. The van der Waals surface area contributed by atoms with Gasteiger partial charge in [0, 0.05) is 5.57 Å². The molecule has 0 aliphatic heterocycles. The summed E-state index contributed by atoms with van der Waals surface area (Å²) in [4.78, 5) is 11.0. The van der Waals surface area contributed by atoms with Crippen LogP contribution < -0.4 is 0 Å². The van der Waals surface area contributed by atoms with Crippen molar-refractivity contribution in [3.05, 3.63) is 42.0 Å². The van der Waals surface area contributed by atoms with Crippen LogP contribution in [0.5, 0.6) is 11.5 Å². The fraction of sp³-hybridized carbons (Fsp3) is 0.154. The first kappa shape index (κ1) is 12.8. The van der Waals surface area contributed by atoms with Crippen molar-refractivity contribution < 1.29 is 19.7 Å². The van der Waals surface area contributed by atoms with Crippen LogP contribution in [0, 0.1) is 0 Å². The molecule has 90 valence electrons. The molecule has 0 aliphatic rings. The normalized spacial score (nSPS) is 10.4. The minimum atomic E-state index is -0.441. The number of phenolic OH excluding ortho intramolecular Hbond substituents is 2. The summed E-state index contributed by atoms with van der Waals surface area (Å²) in [6.07, 6.45) is 3.30. The van der Waals surface area contributed by atoms with Crippen molar-refractivity contribution in [2.24, 2.45) is 0 Å². The number of ether oxygens (including phenoxy) is 1. The minimum absolute atomic E-state index is 0.132. The molecule has 0 atom stereocenters. The Morgan fingerprint density at radius 1 is 1.41 bits per heavy atom. The summed E-state index contributed by atoms with van der Waals surface area (Å²) >= 11 is 0. The van der Waals surface area contributed by atoms with E-state index in [1.54, 1.807) is 25.1 Å². The summed E-state index contributed by atoms with van der Waals surface area (Å²) < 4.78 is 4.84. The maximum absolute atomic E-state index is 11.0. The topological polar surface area (TPSA) is 66.8 Å². The van der Waals surface area contributed by atoms with Crippen molar-refractivity contribution in [2.45, 2.75) is 6.92 Å². The van der Waals surface area contributed by atoms with E-state index >= 15 is 0 Å². The van der Waals surface area contributed by atoms with E-state index < -0.39 is 5.97 Å². The number of carbonyl (C=O) groups excluding carboxylic acids is 1. The molecule has 0 radical (unpaired) electrons. The number of hydrogen-bond acceptors (Lipinski definition) is 4. The molecule has 1 rings (SSSR count). The standard InChI is InChI=1S/C13H14O4/c1-9(2)13(16)17-7-3-4-10-5-6-11(14)12(15)8-10/h3-6,8,14-15H,1,7H2,2H3/b4-3+. The maximum Gasteiger partial charge on any atom is 0.333 e. The second-order valence-corrected chi connectivity index (χ2v) is 3.53. The Morgan fingerprint density at radius 3 is 2.71 bits per heavy atom. The number of benzene rings is 1. The first-order valence-corrected chi connectivity index (χ1v) is 5.02. The van der Waals surface area contributed by atoms with Gasteiger partial charge in [-0.3, -0.25) is 0 Å².